The molecule has 0 bridgehead atoms. The number of hydrogen-bond acceptors (Lipinski definition) is 15. The van der Waals surface area contributed by atoms with Crippen LogP contribution in [0.1, 0.15) is 69.2 Å². The summed E-state index contributed by atoms with van der Waals surface area (Å²) >= 11 is 0. The molecule has 0 saturated heterocycles. The maximum absolute atomic E-state index is 16.0. The molecule has 0 aliphatic carbocycles. The second-order valence-corrected chi connectivity index (χ2v) is 25.8. The van der Waals surface area contributed by atoms with Gasteiger partial charge in [0.1, 0.15) is 18.1 Å². The molecule has 21 nitrogen and oxygen atoms in total. The summed E-state index contributed by atoms with van der Waals surface area (Å²) in [6.07, 6.45) is 4.27. The van der Waals surface area contributed by atoms with Gasteiger partial charge in [-0.2, -0.15) is 4.98 Å². The number of esters is 3. The highest BCUT2D eigenvalue weighted by molar-refractivity contribution is 7.60. The van der Waals surface area contributed by atoms with Gasteiger partial charge in [-0.1, -0.05) is 147 Å². The molecule has 23 heteroatoms. The highest BCUT2D eigenvalue weighted by atomic mass is 31.2. The Balaban J connectivity index is 1.36. The molecule has 0 amide bonds. The van der Waals surface area contributed by atoms with E-state index in [-0.39, 0.29) is 101 Å². The fourth-order valence-electron chi connectivity index (χ4n) is 9.99. The Morgan fingerprint density at radius 3 is 1.39 bits per heavy atom. The third-order valence-corrected chi connectivity index (χ3v) is 18.9. The molecule has 85 heavy (non-hydrogen) atoms. The number of nitrogens with two attached hydrogens (primary N) is 1. The van der Waals surface area contributed by atoms with E-state index in [1.165, 1.54) is 6.33 Å². The average molecular weight is 1210 g/mol. The summed E-state index contributed by atoms with van der Waals surface area (Å²) in [4.78, 5) is 70.0. The first-order chi connectivity index (χ1) is 41.1. The van der Waals surface area contributed by atoms with E-state index in [0.29, 0.717) is 38.9 Å². The number of nitrogens with one attached hydrogen (secondary N) is 5. The lowest BCUT2D eigenvalue weighted by molar-refractivity contribution is -0.146. The molecular formula is C62H87N11O10P2. The number of H-pyrrole nitrogens is 1. The van der Waals surface area contributed by atoms with Gasteiger partial charge in [-0.25, -0.2) is 25.3 Å². The molecule has 2 heterocycles. The number of carbonyl (C=O) groups excluding carboxylic acids is 3. The van der Waals surface area contributed by atoms with E-state index in [1.54, 1.807) is 25.3 Å². The summed E-state index contributed by atoms with van der Waals surface area (Å²) < 4.78 is 50.5. The van der Waals surface area contributed by atoms with Crippen LogP contribution in [0.2, 0.25) is 0 Å². The number of nitrogen functional groups attached to an aromatic ring is 1. The largest absolute Gasteiger partial charge is 0.465 e. The van der Waals surface area contributed by atoms with Crippen LogP contribution in [0.3, 0.4) is 0 Å². The predicted molar refractivity (Wildman–Crippen MR) is 334 cm³/mol. The van der Waals surface area contributed by atoms with Crippen LogP contribution in [-0.4, -0.2) is 155 Å². The molecule has 460 valence electrons. The van der Waals surface area contributed by atoms with Crippen LogP contribution in [0.4, 0.5) is 5.95 Å². The molecule has 0 aliphatic rings. The average Bonchev–Trinajstić information content (AvgIpc) is 4.20. The van der Waals surface area contributed by atoms with Crippen molar-refractivity contribution in [3.8, 4) is 0 Å². The summed E-state index contributed by atoms with van der Waals surface area (Å²) in [5, 5.41) is 23.5. The van der Waals surface area contributed by atoms with Gasteiger partial charge in [-0.05, 0) is 81.5 Å². The lowest BCUT2D eigenvalue weighted by atomic mass is 9.98. The van der Waals surface area contributed by atoms with Crippen molar-refractivity contribution < 1.29 is 42.8 Å². The maximum atomic E-state index is 16.0. The first-order valence-electron chi connectivity index (χ1n) is 29.5. The Morgan fingerprint density at radius 1 is 0.612 bits per heavy atom. The van der Waals surface area contributed by atoms with Gasteiger partial charge in [-0.3, -0.25) is 38.2 Å². The second-order valence-electron chi connectivity index (χ2n) is 20.9. The van der Waals surface area contributed by atoms with E-state index in [9.17, 15) is 24.3 Å². The number of aromatic nitrogens is 4. The summed E-state index contributed by atoms with van der Waals surface area (Å²) in [6.45, 7) is 13.8. The third kappa shape index (κ3) is 22.3. The smallest absolute Gasteiger partial charge is 0.323 e. The van der Waals surface area contributed by atoms with Crippen LogP contribution in [0.5, 0.6) is 0 Å². The summed E-state index contributed by atoms with van der Waals surface area (Å²) in [6, 6.07) is 34.4. The fourth-order valence-corrected chi connectivity index (χ4v) is 14.7. The number of benzene rings is 4. The molecule has 8 N–H and O–H groups in total. The molecule has 0 saturated carbocycles. The number of carbonyl (C=O) groups is 3. The van der Waals surface area contributed by atoms with Crippen molar-refractivity contribution in [3.05, 3.63) is 172 Å². The van der Waals surface area contributed by atoms with E-state index < -0.39 is 62.5 Å². The Labute approximate surface area is 499 Å². The molecule has 6 aromatic rings. The summed E-state index contributed by atoms with van der Waals surface area (Å²) in [7, 11) is -7.81. The number of ether oxygens (including phenoxy) is 3. The number of fused-ring (bicyclic) bond motifs is 1. The minimum atomic E-state index is -4.04. The molecule has 0 aliphatic heterocycles. The molecule has 1 unspecified atom stereocenters. The number of anilines is 1. The number of rotatable bonds is 40. The zero-order chi connectivity index (χ0) is 61.0. The Bertz CT molecular complexity index is 3020. The number of aromatic amines is 1. The van der Waals surface area contributed by atoms with Crippen molar-refractivity contribution in [2.45, 2.75) is 103 Å². The number of aliphatic hydroxyl groups is 1. The monoisotopic (exact) mass is 1210 g/mol. The standard InChI is InChI=1S/C62H87N11O10P2/c1-6-23-47(5)52(42-48-24-14-10-15-25-48)67-84(79,68-53(59(76)81-7-2)43-49-26-16-11-17-27-49)40-37-71(32-22-39-74)33-34-72(35-36-73-46-64-56-57(73)65-62(63)66-58(56)75)38-41-85(80,69-54(60(77)82-8-3)44-50-28-18-12-19-29-50)70-55(61(78)83-9-4)45-51-30-20-13-21-31-51/h10-21,24-31,46,52-55,74H,5-9,22-23,32-45H2,1-4H3,(H2,67,68,79)(H2,69,70,80)(H3,63,65,66,75)/t52-,53-,54-,55-,84?/m0/s1. The van der Waals surface area contributed by atoms with Crippen molar-refractivity contribution in [1.29, 1.82) is 0 Å². The van der Waals surface area contributed by atoms with Crippen molar-refractivity contribution in [1.82, 2.24) is 49.7 Å². The van der Waals surface area contributed by atoms with Gasteiger partial charge < -0.3 is 34.5 Å². The SMILES string of the molecule is C=C(CCC)[C@H](Cc1ccccc1)NP(=O)(CCN(CCCO)CCN(CCn1cnc2c(=O)[nH]c(N)nc21)CCP(=O)(N[C@@H](Cc1ccccc1)C(=O)OCC)N[C@@H](Cc1ccccc1)C(=O)OCC)N[C@@H](Cc1ccccc1)C(=O)OCC. The Hall–Kier alpha value is -6.64. The van der Waals surface area contributed by atoms with Crippen LogP contribution in [0.25, 0.3) is 11.2 Å². The number of imidazole rings is 1. The van der Waals surface area contributed by atoms with Crippen molar-refractivity contribution >= 4 is 49.9 Å². The highest BCUT2D eigenvalue weighted by Gasteiger charge is 2.37. The number of nitrogens with zero attached hydrogens (tertiary/aromatic N) is 5. The normalized spacial score (nSPS) is 13.9. The van der Waals surface area contributed by atoms with Gasteiger partial charge in [0, 0.05) is 70.8 Å². The molecule has 5 atom stereocenters. The first-order valence-corrected chi connectivity index (χ1v) is 33.2. The van der Waals surface area contributed by atoms with Crippen molar-refractivity contribution in [2.75, 3.05) is 83.8 Å². The van der Waals surface area contributed by atoms with E-state index in [0.717, 1.165) is 34.2 Å². The van der Waals surface area contributed by atoms with Gasteiger partial charge in [0.2, 0.25) is 20.8 Å². The third-order valence-electron chi connectivity index (χ3n) is 14.3. The van der Waals surface area contributed by atoms with Crippen LogP contribution in [-0.2, 0) is 70.0 Å². The van der Waals surface area contributed by atoms with E-state index in [1.807, 2.05) is 121 Å². The molecule has 6 rings (SSSR count). The lowest BCUT2D eigenvalue weighted by Gasteiger charge is -2.34. The topological polar surface area (TPSA) is 277 Å². The zero-order valence-electron chi connectivity index (χ0n) is 49.6. The zero-order valence-corrected chi connectivity index (χ0v) is 51.4. The van der Waals surface area contributed by atoms with Crippen LogP contribution < -0.4 is 31.6 Å². The Morgan fingerprint density at radius 2 is 1.00 bits per heavy atom. The van der Waals surface area contributed by atoms with E-state index in [4.69, 9.17) is 19.9 Å². The number of aliphatic hydroxyl groups excluding tert-OH is 1. The molecule has 0 radical (unpaired) electrons. The molecule has 2 aromatic heterocycles. The van der Waals surface area contributed by atoms with Gasteiger partial charge >= 0.3 is 17.9 Å². The first kappa shape index (κ1) is 67.5. The fraction of sp³-hybridized carbons (Fsp3) is 0.452. The minimum Gasteiger partial charge on any atom is -0.465 e. The van der Waals surface area contributed by atoms with Crippen molar-refractivity contribution in [2.24, 2.45) is 0 Å². The van der Waals surface area contributed by atoms with E-state index in [2.05, 4.69) is 58.6 Å². The Kier molecular flexibility index (Phi) is 27.9. The maximum Gasteiger partial charge on any atom is 0.323 e. The van der Waals surface area contributed by atoms with Crippen LogP contribution in [0.15, 0.2) is 145 Å². The summed E-state index contributed by atoms with van der Waals surface area (Å²) in [5.74, 6) is -1.86. The predicted octanol–water partition coefficient (Wildman–Crippen LogP) is 6.92. The summed E-state index contributed by atoms with van der Waals surface area (Å²) in [5.41, 5.74) is 10.2. The highest BCUT2D eigenvalue weighted by Crippen LogP contribution is 2.41. The van der Waals surface area contributed by atoms with Gasteiger partial charge in [0.05, 0.1) is 26.1 Å². The molecular weight excluding hydrogens is 1120 g/mol. The number of hydrogen-bond donors (Lipinski definition) is 7. The minimum absolute atomic E-state index is 0.0485. The van der Waals surface area contributed by atoms with Gasteiger partial charge in [-0.15, -0.1) is 0 Å². The van der Waals surface area contributed by atoms with Crippen LogP contribution in [0, 0.1) is 0 Å². The lowest BCUT2D eigenvalue weighted by Crippen LogP contribution is -2.48. The molecule has 4 aromatic carbocycles. The molecule has 0 spiro atoms. The van der Waals surface area contributed by atoms with Crippen molar-refractivity contribution in [3.63, 3.8) is 0 Å². The van der Waals surface area contributed by atoms with Gasteiger partial charge in [0.25, 0.3) is 5.56 Å². The quantitative estimate of drug-likeness (QED) is 0.00889. The molecule has 0 fully saturated rings. The van der Waals surface area contributed by atoms with Gasteiger partial charge in [0.15, 0.2) is 11.2 Å². The van der Waals surface area contributed by atoms with E-state index >= 15 is 9.13 Å². The second kappa shape index (κ2) is 35.1. The van der Waals surface area contributed by atoms with Crippen LogP contribution >= 0.6 is 14.9 Å².